The predicted molar refractivity (Wildman–Crippen MR) is 96.3 cm³/mol. The van der Waals surface area contributed by atoms with E-state index in [-0.39, 0.29) is 0 Å². The van der Waals surface area contributed by atoms with E-state index in [0.29, 0.717) is 22.2 Å². The molecule has 1 aliphatic rings. The molecule has 1 saturated carbocycles. The zero-order valence-corrected chi connectivity index (χ0v) is 15.2. The summed E-state index contributed by atoms with van der Waals surface area (Å²) in [6.45, 7) is 6.47. The van der Waals surface area contributed by atoms with Gasteiger partial charge in [0.15, 0.2) is 10.2 Å². The second kappa shape index (κ2) is 9.38. The van der Waals surface area contributed by atoms with Crippen molar-refractivity contribution in [3.8, 4) is 0 Å². The van der Waals surface area contributed by atoms with Crippen molar-refractivity contribution in [2.45, 2.75) is 39.2 Å². The zero-order valence-electron chi connectivity index (χ0n) is 13.6. The van der Waals surface area contributed by atoms with Crippen LogP contribution in [0.2, 0.25) is 0 Å². The van der Waals surface area contributed by atoms with Crippen LogP contribution in [0, 0.1) is 11.8 Å². The molecule has 0 aromatic carbocycles. The number of rotatable bonds is 4. The van der Waals surface area contributed by atoms with Gasteiger partial charge in [0.1, 0.15) is 0 Å². The van der Waals surface area contributed by atoms with Gasteiger partial charge in [-0.05, 0) is 42.7 Å². The summed E-state index contributed by atoms with van der Waals surface area (Å²) in [6.07, 6.45) is 3.77. The quantitative estimate of drug-likeness (QED) is 0.363. The molecule has 122 valence electrons. The molecule has 3 atom stereocenters. The molecule has 0 spiro atoms. The Balaban J connectivity index is 2.20. The van der Waals surface area contributed by atoms with Gasteiger partial charge in [0.05, 0.1) is 27.2 Å². The second-order valence-electron chi connectivity index (χ2n) is 6.31. The van der Waals surface area contributed by atoms with Crippen molar-refractivity contribution in [3.05, 3.63) is 0 Å². The maximum atomic E-state index is 5.32. The second-order valence-corrected chi connectivity index (χ2v) is 7.13. The topological polar surface area (TPSA) is 52.6 Å². The van der Waals surface area contributed by atoms with Crippen molar-refractivity contribution in [2.75, 3.05) is 27.2 Å². The highest BCUT2D eigenvalue weighted by atomic mass is 32.1. The molecule has 0 bridgehead atoms. The molecule has 1 aliphatic carbocycles. The van der Waals surface area contributed by atoms with E-state index in [4.69, 9.17) is 24.4 Å². The van der Waals surface area contributed by atoms with Crippen LogP contribution in [0.3, 0.4) is 0 Å². The first-order chi connectivity index (χ1) is 9.90. The minimum Gasteiger partial charge on any atom is -0.358 e. The minimum absolute atomic E-state index is 0.453. The van der Waals surface area contributed by atoms with E-state index < -0.39 is 0 Å². The molecule has 7 heteroatoms. The number of hydrogen-bond acceptors (Lipinski definition) is 2. The van der Waals surface area contributed by atoms with E-state index in [9.17, 15) is 0 Å². The van der Waals surface area contributed by atoms with Crippen LogP contribution < -0.4 is 26.4 Å². The molecule has 1 fully saturated rings. The smallest absolute Gasteiger partial charge is 0.185 e. The molecule has 0 aromatic heterocycles. The van der Waals surface area contributed by atoms with Gasteiger partial charge in [0, 0.05) is 6.04 Å². The van der Waals surface area contributed by atoms with Gasteiger partial charge in [0.2, 0.25) is 0 Å². The summed E-state index contributed by atoms with van der Waals surface area (Å²) in [5.41, 5.74) is 5.89. The number of likely N-dealkylation sites (N-methyl/N-ethyl adjacent to an activating group) is 1. The molecule has 1 rings (SSSR count). The third-order valence-corrected chi connectivity index (χ3v) is 4.69. The van der Waals surface area contributed by atoms with Crippen LogP contribution in [0.15, 0.2) is 0 Å². The summed E-state index contributed by atoms with van der Waals surface area (Å²) >= 11 is 10.5. The molecule has 0 unspecified atom stereocenters. The highest BCUT2D eigenvalue weighted by Crippen LogP contribution is 2.29. The van der Waals surface area contributed by atoms with E-state index in [1.165, 1.54) is 24.2 Å². The Kier molecular flexibility index (Phi) is 8.21. The van der Waals surface area contributed by atoms with Gasteiger partial charge in [-0.2, -0.15) is 0 Å². The molecular weight excluding hydrogens is 302 g/mol. The third-order valence-electron chi connectivity index (χ3n) is 4.22. The lowest BCUT2D eigenvalue weighted by Crippen LogP contribution is -3.06. The summed E-state index contributed by atoms with van der Waals surface area (Å²) < 4.78 is 0. The average Bonchev–Trinajstić information content (AvgIpc) is 2.41. The number of hydrogen-bond donors (Lipinski definition) is 5. The summed E-state index contributed by atoms with van der Waals surface area (Å²) in [5.74, 6) is 1.40. The van der Waals surface area contributed by atoms with Crippen LogP contribution in [0.1, 0.15) is 33.1 Å². The first-order valence-electron chi connectivity index (χ1n) is 7.79. The van der Waals surface area contributed by atoms with Crippen LogP contribution in [0.5, 0.6) is 0 Å². The van der Waals surface area contributed by atoms with E-state index in [0.717, 1.165) is 19.0 Å². The first kappa shape index (κ1) is 18.4. The Labute approximate surface area is 139 Å². The van der Waals surface area contributed by atoms with Gasteiger partial charge in [-0.15, -0.1) is 0 Å². The molecule has 0 aliphatic heterocycles. The van der Waals surface area contributed by atoms with Crippen molar-refractivity contribution >= 4 is 34.7 Å². The van der Waals surface area contributed by atoms with E-state index in [1.54, 1.807) is 0 Å². The lowest BCUT2D eigenvalue weighted by molar-refractivity contribution is -0.856. The monoisotopic (exact) mass is 332 g/mol. The Morgan fingerprint density at radius 1 is 1.10 bits per heavy atom. The third kappa shape index (κ3) is 7.24. The van der Waals surface area contributed by atoms with Gasteiger partial charge in [-0.25, -0.2) is 0 Å². The Bertz CT molecular complexity index is 348. The maximum absolute atomic E-state index is 5.32. The van der Waals surface area contributed by atoms with Gasteiger partial charge in [0.25, 0.3) is 0 Å². The minimum atomic E-state index is 0.453. The highest BCUT2D eigenvalue weighted by molar-refractivity contribution is 7.80. The number of quaternary nitrogens is 1. The molecule has 0 amide bonds. The van der Waals surface area contributed by atoms with Crippen molar-refractivity contribution in [2.24, 2.45) is 11.8 Å². The van der Waals surface area contributed by atoms with Crippen molar-refractivity contribution in [1.82, 2.24) is 21.5 Å². The largest absolute Gasteiger partial charge is 0.358 e. The molecule has 5 N–H and O–H groups in total. The van der Waals surface area contributed by atoms with Gasteiger partial charge in [-0.3, -0.25) is 10.9 Å². The van der Waals surface area contributed by atoms with Crippen LogP contribution in [0.25, 0.3) is 0 Å². The normalized spacial score (nSPS) is 25.3. The van der Waals surface area contributed by atoms with Crippen LogP contribution >= 0.6 is 24.4 Å². The zero-order chi connectivity index (χ0) is 15.8. The maximum Gasteiger partial charge on any atom is 0.185 e. The molecule has 0 radical (unpaired) electrons. The Morgan fingerprint density at radius 3 is 2.43 bits per heavy atom. The number of nitrogens with one attached hydrogen (secondary N) is 5. The van der Waals surface area contributed by atoms with Crippen molar-refractivity contribution in [1.29, 1.82) is 0 Å². The predicted octanol–water partition coefficient (Wildman–Crippen LogP) is -0.201. The van der Waals surface area contributed by atoms with E-state index in [2.05, 4.69) is 49.4 Å². The summed E-state index contributed by atoms with van der Waals surface area (Å²) in [6, 6.07) is 0.453. The standard InChI is InChI=1S/C14H29N5S2/c1-10-6-5-7-12(11(10)2)16-14(21)18-17-13(20)15-8-9-19(3)4/h10-12H,5-9H2,1-4H3,(H2,15,17,20)(H2,16,18,21)/p+1/t10-,11-,12-/m1/s1. The molecular formula is C14H30N5S2+. The van der Waals surface area contributed by atoms with Gasteiger partial charge < -0.3 is 15.5 Å². The number of hydrazine groups is 1. The van der Waals surface area contributed by atoms with Gasteiger partial charge in [-0.1, -0.05) is 26.7 Å². The Morgan fingerprint density at radius 2 is 1.76 bits per heavy atom. The molecule has 0 heterocycles. The fourth-order valence-corrected chi connectivity index (χ4v) is 2.93. The fraction of sp³-hybridized carbons (Fsp3) is 0.857. The molecule has 0 aromatic rings. The van der Waals surface area contributed by atoms with Crippen LogP contribution in [-0.2, 0) is 0 Å². The molecule has 0 saturated heterocycles. The average molecular weight is 333 g/mol. The number of thiocarbonyl (C=S) groups is 2. The van der Waals surface area contributed by atoms with E-state index in [1.807, 2.05) is 0 Å². The van der Waals surface area contributed by atoms with Crippen molar-refractivity contribution < 1.29 is 4.90 Å². The molecule has 5 nitrogen and oxygen atoms in total. The highest BCUT2D eigenvalue weighted by Gasteiger charge is 2.27. The summed E-state index contributed by atoms with van der Waals surface area (Å²) in [4.78, 5) is 1.39. The van der Waals surface area contributed by atoms with E-state index >= 15 is 0 Å². The van der Waals surface area contributed by atoms with Crippen molar-refractivity contribution in [3.63, 3.8) is 0 Å². The fourth-order valence-electron chi connectivity index (χ4n) is 2.57. The SMILES string of the molecule is C[C@@H]1[C@H](C)CCC[C@H]1NC(=S)NNC(=S)NCC[NH+](C)C. The summed E-state index contributed by atoms with van der Waals surface area (Å²) in [5, 5.41) is 7.72. The summed E-state index contributed by atoms with van der Waals surface area (Å²) in [7, 11) is 4.23. The van der Waals surface area contributed by atoms with Crippen LogP contribution in [0.4, 0.5) is 0 Å². The lowest BCUT2D eigenvalue weighted by atomic mass is 9.78. The van der Waals surface area contributed by atoms with Gasteiger partial charge >= 0.3 is 0 Å². The lowest BCUT2D eigenvalue weighted by Gasteiger charge is -2.35. The first-order valence-corrected chi connectivity index (χ1v) is 8.61. The molecule has 21 heavy (non-hydrogen) atoms. The van der Waals surface area contributed by atoms with Crippen LogP contribution in [-0.4, -0.2) is 43.5 Å². The Hall–Kier alpha value is -0.660.